The molecule has 0 saturated heterocycles. The summed E-state index contributed by atoms with van der Waals surface area (Å²) in [7, 11) is 0. The van der Waals surface area contributed by atoms with Gasteiger partial charge in [-0.05, 0) is 49.1 Å². The zero-order chi connectivity index (χ0) is 23.6. The maximum absolute atomic E-state index is 13.6. The highest BCUT2D eigenvalue weighted by Gasteiger charge is 2.30. The normalized spacial score (nSPS) is 11.8. The number of nitrogens with one attached hydrogen (secondary N) is 1. The number of carbonyl (C=O) groups is 2. The van der Waals surface area contributed by atoms with E-state index in [9.17, 15) is 9.59 Å². The Morgan fingerprint density at radius 2 is 1.45 bits per heavy atom. The van der Waals surface area contributed by atoms with Crippen molar-refractivity contribution in [3.05, 3.63) is 106 Å². The zero-order valence-electron chi connectivity index (χ0n) is 19.2. The molecular formula is C28H31BrN2O2. The average Bonchev–Trinajstić information content (AvgIpc) is 2.80. The number of hydrogen-bond donors (Lipinski definition) is 1. The highest BCUT2D eigenvalue weighted by Crippen LogP contribution is 2.19. The minimum Gasteiger partial charge on any atom is -0.352 e. The summed E-state index contributed by atoms with van der Waals surface area (Å²) in [6, 6.07) is 27.1. The van der Waals surface area contributed by atoms with Crippen molar-refractivity contribution in [2.45, 2.75) is 51.7 Å². The van der Waals surface area contributed by atoms with Gasteiger partial charge in [-0.2, -0.15) is 0 Å². The van der Waals surface area contributed by atoms with Gasteiger partial charge in [-0.15, -0.1) is 0 Å². The molecule has 0 bridgehead atoms. The predicted octanol–water partition coefficient (Wildman–Crippen LogP) is 5.55. The molecule has 33 heavy (non-hydrogen) atoms. The molecule has 0 fully saturated rings. The van der Waals surface area contributed by atoms with E-state index in [1.807, 2.05) is 98.8 Å². The fourth-order valence-corrected chi connectivity index (χ4v) is 4.25. The molecule has 172 valence electrons. The van der Waals surface area contributed by atoms with Gasteiger partial charge in [0.25, 0.3) is 0 Å². The molecule has 3 rings (SSSR count). The van der Waals surface area contributed by atoms with Crippen molar-refractivity contribution in [2.75, 3.05) is 0 Å². The van der Waals surface area contributed by atoms with Gasteiger partial charge in [0.15, 0.2) is 0 Å². The van der Waals surface area contributed by atoms with Crippen LogP contribution in [0.15, 0.2) is 89.4 Å². The molecule has 0 radical (unpaired) electrons. The molecule has 1 unspecified atom stereocenters. The van der Waals surface area contributed by atoms with Crippen molar-refractivity contribution in [1.29, 1.82) is 0 Å². The molecule has 3 aromatic rings. The summed E-state index contributed by atoms with van der Waals surface area (Å²) in [6.07, 6.45) is 1.45. The standard InChI is InChI=1S/C28H31BrN2O2/c1-21(2)30-28(33)26(19-23-12-7-4-8-13-23)31(20-24-14-9-15-25(29)18-24)27(32)17-16-22-10-5-3-6-11-22/h3-15,18,21,26H,16-17,19-20H2,1-2H3,(H,30,33). The van der Waals surface area contributed by atoms with Crippen LogP contribution in [0.2, 0.25) is 0 Å². The molecule has 1 atom stereocenters. The van der Waals surface area contributed by atoms with Crippen LogP contribution in [0.5, 0.6) is 0 Å². The Kier molecular flexibility index (Phi) is 9.25. The van der Waals surface area contributed by atoms with E-state index in [1.54, 1.807) is 4.90 Å². The summed E-state index contributed by atoms with van der Waals surface area (Å²) in [4.78, 5) is 28.6. The lowest BCUT2D eigenvalue weighted by molar-refractivity contribution is -0.141. The van der Waals surface area contributed by atoms with E-state index in [4.69, 9.17) is 0 Å². The highest BCUT2D eigenvalue weighted by molar-refractivity contribution is 9.10. The van der Waals surface area contributed by atoms with Gasteiger partial charge in [0.1, 0.15) is 6.04 Å². The van der Waals surface area contributed by atoms with Crippen molar-refractivity contribution in [3.63, 3.8) is 0 Å². The van der Waals surface area contributed by atoms with Gasteiger partial charge in [0.2, 0.25) is 11.8 Å². The smallest absolute Gasteiger partial charge is 0.243 e. The lowest BCUT2D eigenvalue weighted by Crippen LogP contribution is -2.51. The second-order valence-electron chi connectivity index (χ2n) is 8.51. The third kappa shape index (κ3) is 7.86. The monoisotopic (exact) mass is 506 g/mol. The molecule has 0 aliphatic rings. The van der Waals surface area contributed by atoms with Gasteiger partial charge in [0.05, 0.1) is 0 Å². The number of aryl methyl sites for hydroxylation is 1. The van der Waals surface area contributed by atoms with Crippen LogP contribution in [0.4, 0.5) is 0 Å². The molecule has 3 aromatic carbocycles. The van der Waals surface area contributed by atoms with Crippen molar-refractivity contribution >= 4 is 27.7 Å². The Morgan fingerprint density at radius 1 is 0.848 bits per heavy atom. The van der Waals surface area contributed by atoms with Gasteiger partial charge in [-0.1, -0.05) is 88.7 Å². The molecule has 0 saturated carbocycles. The summed E-state index contributed by atoms with van der Waals surface area (Å²) < 4.78 is 0.947. The van der Waals surface area contributed by atoms with Gasteiger partial charge in [0, 0.05) is 29.9 Å². The number of nitrogens with zero attached hydrogens (tertiary/aromatic N) is 1. The quantitative estimate of drug-likeness (QED) is 0.392. The van der Waals surface area contributed by atoms with Crippen LogP contribution in [0, 0.1) is 0 Å². The minimum atomic E-state index is -0.600. The molecule has 4 nitrogen and oxygen atoms in total. The number of halogens is 1. The third-order valence-electron chi connectivity index (χ3n) is 5.41. The number of benzene rings is 3. The van der Waals surface area contributed by atoms with Crippen molar-refractivity contribution in [1.82, 2.24) is 10.2 Å². The summed E-state index contributed by atoms with van der Waals surface area (Å²) in [6.45, 7) is 4.25. The SMILES string of the molecule is CC(C)NC(=O)C(Cc1ccccc1)N(Cc1cccc(Br)c1)C(=O)CCc1ccccc1. The average molecular weight is 507 g/mol. The predicted molar refractivity (Wildman–Crippen MR) is 137 cm³/mol. The summed E-state index contributed by atoms with van der Waals surface area (Å²) in [5.74, 6) is -0.157. The topological polar surface area (TPSA) is 49.4 Å². The van der Waals surface area contributed by atoms with Crippen LogP contribution < -0.4 is 5.32 Å². The van der Waals surface area contributed by atoms with Gasteiger partial charge < -0.3 is 10.2 Å². The molecule has 0 aliphatic heterocycles. The van der Waals surface area contributed by atoms with Crippen LogP contribution in [-0.4, -0.2) is 28.8 Å². The van der Waals surface area contributed by atoms with Crippen LogP contribution in [-0.2, 0) is 29.0 Å². The Hall–Kier alpha value is -2.92. The Bertz CT molecular complexity index is 1040. The fraction of sp³-hybridized carbons (Fsp3) is 0.286. The first-order valence-corrected chi connectivity index (χ1v) is 12.1. The van der Waals surface area contributed by atoms with E-state index in [-0.39, 0.29) is 17.9 Å². The Labute approximate surface area is 205 Å². The van der Waals surface area contributed by atoms with Gasteiger partial charge in [-0.25, -0.2) is 0 Å². The largest absolute Gasteiger partial charge is 0.352 e. The lowest BCUT2D eigenvalue weighted by atomic mass is 10.0. The Balaban J connectivity index is 1.90. The van der Waals surface area contributed by atoms with Gasteiger partial charge >= 0.3 is 0 Å². The van der Waals surface area contributed by atoms with Crippen molar-refractivity contribution < 1.29 is 9.59 Å². The Morgan fingerprint density at radius 3 is 2.06 bits per heavy atom. The van der Waals surface area contributed by atoms with Crippen LogP contribution in [0.3, 0.4) is 0 Å². The van der Waals surface area contributed by atoms with Gasteiger partial charge in [-0.3, -0.25) is 9.59 Å². The van der Waals surface area contributed by atoms with E-state index >= 15 is 0 Å². The van der Waals surface area contributed by atoms with Crippen LogP contribution in [0.1, 0.15) is 37.0 Å². The molecule has 0 spiro atoms. The van der Waals surface area contributed by atoms with E-state index in [0.717, 1.165) is 21.2 Å². The van der Waals surface area contributed by atoms with Crippen molar-refractivity contribution in [2.24, 2.45) is 0 Å². The first kappa shape index (κ1) is 24.7. The maximum atomic E-state index is 13.6. The van der Waals surface area contributed by atoms with E-state index < -0.39 is 6.04 Å². The highest BCUT2D eigenvalue weighted by atomic mass is 79.9. The lowest BCUT2D eigenvalue weighted by Gasteiger charge is -2.32. The summed E-state index contributed by atoms with van der Waals surface area (Å²) in [5, 5.41) is 3.03. The molecule has 2 amide bonds. The minimum absolute atomic E-state index is 0.0112. The fourth-order valence-electron chi connectivity index (χ4n) is 3.81. The molecule has 0 aliphatic carbocycles. The number of carbonyl (C=O) groups excluding carboxylic acids is 2. The zero-order valence-corrected chi connectivity index (χ0v) is 20.8. The van der Waals surface area contributed by atoms with Crippen LogP contribution >= 0.6 is 15.9 Å². The molecular weight excluding hydrogens is 476 g/mol. The van der Waals surface area contributed by atoms with E-state index in [2.05, 4.69) is 21.2 Å². The molecule has 0 aromatic heterocycles. The number of hydrogen-bond acceptors (Lipinski definition) is 2. The molecule has 5 heteroatoms. The third-order valence-corrected chi connectivity index (χ3v) is 5.91. The van der Waals surface area contributed by atoms with E-state index in [0.29, 0.717) is 25.8 Å². The number of rotatable bonds is 10. The van der Waals surface area contributed by atoms with Crippen LogP contribution in [0.25, 0.3) is 0 Å². The van der Waals surface area contributed by atoms with E-state index in [1.165, 1.54) is 0 Å². The summed E-state index contributed by atoms with van der Waals surface area (Å²) in [5.41, 5.74) is 3.11. The first-order valence-electron chi connectivity index (χ1n) is 11.3. The summed E-state index contributed by atoms with van der Waals surface area (Å²) >= 11 is 3.52. The first-order chi connectivity index (χ1) is 15.9. The molecule has 0 heterocycles. The number of amides is 2. The maximum Gasteiger partial charge on any atom is 0.243 e. The second-order valence-corrected chi connectivity index (χ2v) is 9.42. The molecule has 1 N–H and O–H groups in total. The second kappa shape index (κ2) is 12.4. The van der Waals surface area contributed by atoms with Crippen molar-refractivity contribution in [3.8, 4) is 0 Å².